The third-order valence-corrected chi connectivity index (χ3v) is 3.47. The molecule has 0 radical (unpaired) electrons. The summed E-state index contributed by atoms with van der Waals surface area (Å²) in [6, 6.07) is 5.07. The van der Waals surface area contributed by atoms with Crippen molar-refractivity contribution >= 4 is 26.9 Å². The standard InChI is InChI=1S/C14H15BrO4/c1-17-12-7-10-9(4-3-5-15)6-14(16)19-11(10)8-13(12)18-2/h6-8H,3-5H2,1-2H3. The molecule has 1 aromatic heterocycles. The van der Waals surface area contributed by atoms with E-state index in [-0.39, 0.29) is 5.63 Å². The maximum absolute atomic E-state index is 11.6. The Balaban J connectivity index is 2.64. The lowest BCUT2D eigenvalue weighted by Crippen LogP contribution is -2.02. The highest BCUT2D eigenvalue weighted by molar-refractivity contribution is 9.09. The van der Waals surface area contributed by atoms with Gasteiger partial charge in [-0.25, -0.2) is 4.79 Å². The minimum Gasteiger partial charge on any atom is -0.493 e. The van der Waals surface area contributed by atoms with Crippen LogP contribution in [0.4, 0.5) is 0 Å². The van der Waals surface area contributed by atoms with Crippen LogP contribution in [-0.2, 0) is 6.42 Å². The van der Waals surface area contributed by atoms with Gasteiger partial charge in [0.25, 0.3) is 0 Å². The zero-order chi connectivity index (χ0) is 13.8. The van der Waals surface area contributed by atoms with Gasteiger partial charge in [-0.2, -0.15) is 0 Å². The van der Waals surface area contributed by atoms with E-state index in [0.29, 0.717) is 17.1 Å². The van der Waals surface area contributed by atoms with Crippen LogP contribution in [0.2, 0.25) is 0 Å². The molecule has 0 aliphatic heterocycles. The van der Waals surface area contributed by atoms with Crippen molar-refractivity contribution in [2.75, 3.05) is 19.5 Å². The average molecular weight is 327 g/mol. The number of ether oxygens (including phenoxy) is 2. The summed E-state index contributed by atoms with van der Waals surface area (Å²) in [5.41, 5.74) is 1.14. The Labute approximate surface area is 119 Å². The molecule has 0 aliphatic carbocycles. The molecule has 0 fully saturated rings. The van der Waals surface area contributed by atoms with E-state index in [1.807, 2.05) is 6.07 Å². The minimum atomic E-state index is -0.343. The van der Waals surface area contributed by atoms with Gasteiger partial charge in [-0.15, -0.1) is 0 Å². The van der Waals surface area contributed by atoms with Gasteiger partial charge in [0.15, 0.2) is 11.5 Å². The molecular weight excluding hydrogens is 312 g/mol. The monoisotopic (exact) mass is 326 g/mol. The number of halogens is 1. The molecule has 2 aromatic rings. The van der Waals surface area contributed by atoms with Gasteiger partial charge in [0, 0.05) is 22.8 Å². The summed E-state index contributed by atoms with van der Waals surface area (Å²) in [5.74, 6) is 1.18. The molecular formula is C14H15BrO4. The van der Waals surface area contributed by atoms with Gasteiger partial charge in [0.2, 0.25) is 0 Å². The molecule has 102 valence electrons. The fraction of sp³-hybridized carbons (Fsp3) is 0.357. The molecule has 0 amide bonds. The molecule has 1 heterocycles. The number of hydrogen-bond donors (Lipinski definition) is 0. The zero-order valence-electron chi connectivity index (χ0n) is 10.9. The van der Waals surface area contributed by atoms with Gasteiger partial charge in [-0.05, 0) is 24.5 Å². The van der Waals surface area contributed by atoms with Gasteiger partial charge in [0.05, 0.1) is 14.2 Å². The number of alkyl halides is 1. The summed E-state index contributed by atoms with van der Waals surface area (Å²) in [6.45, 7) is 0. The lowest BCUT2D eigenvalue weighted by molar-refractivity contribution is 0.355. The van der Waals surface area contributed by atoms with E-state index < -0.39 is 0 Å². The van der Waals surface area contributed by atoms with Crippen molar-refractivity contribution in [1.29, 1.82) is 0 Å². The molecule has 0 atom stereocenters. The third-order valence-electron chi connectivity index (χ3n) is 2.91. The van der Waals surface area contributed by atoms with Crippen LogP contribution in [0, 0.1) is 0 Å². The maximum atomic E-state index is 11.6. The first-order valence-electron chi connectivity index (χ1n) is 5.94. The molecule has 0 bridgehead atoms. The molecule has 1 aromatic carbocycles. The highest BCUT2D eigenvalue weighted by Gasteiger charge is 2.11. The fourth-order valence-corrected chi connectivity index (χ4v) is 2.30. The normalized spacial score (nSPS) is 10.7. The Kier molecular flexibility index (Phi) is 4.47. The van der Waals surface area contributed by atoms with Crippen LogP contribution in [0.1, 0.15) is 12.0 Å². The summed E-state index contributed by atoms with van der Waals surface area (Å²) in [4.78, 5) is 11.6. The molecule has 5 heteroatoms. The molecule has 0 unspecified atom stereocenters. The molecule has 19 heavy (non-hydrogen) atoms. The van der Waals surface area contributed by atoms with Crippen molar-refractivity contribution < 1.29 is 13.9 Å². The first kappa shape index (κ1) is 13.9. The summed E-state index contributed by atoms with van der Waals surface area (Å²) in [6.07, 6.45) is 1.76. The van der Waals surface area contributed by atoms with Crippen LogP contribution in [0.25, 0.3) is 11.0 Å². The Hall–Kier alpha value is -1.49. The quantitative estimate of drug-likeness (QED) is 0.625. The summed E-state index contributed by atoms with van der Waals surface area (Å²) >= 11 is 3.39. The molecule has 0 N–H and O–H groups in total. The molecule has 0 spiro atoms. The first-order chi connectivity index (χ1) is 9.19. The van der Waals surface area contributed by atoms with Crippen LogP contribution in [0.3, 0.4) is 0 Å². The van der Waals surface area contributed by atoms with Crippen LogP contribution >= 0.6 is 15.9 Å². The SMILES string of the molecule is COc1cc2oc(=O)cc(CCCBr)c2cc1OC. The Morgan fingerprint density at radius 1 is 1.16 bits per heavy atom. The van der Waals surface area contributed by atoms with Gasteiger partial charge < -0.3 is 13.9 Å². The predicted molar refractivity (Wildman–Crippen MR) is 77.7 cm³/mol. The number of hydrogen-bond acceptors (Lipinski definition) is 4. The van der Waals surface area contributed by atoms with Gasteiger partial charge in [0.1, 0.15) is 5.58 Å². The smallest absolute Gasteiger partial charge is 0.336 e. The van der Waals surface area contributed by atoms with Crippen molar-refractivity contribution in [3.63, 3.8) is 0 Å². The maximum Gasteiger partial charge on any atom is 0.336 e. The molecule has 4 nitrogen and oxygen atoms in total. The lowest BCUT2D eigenvalue weighted by atomic mass is 10.1. The van der Waals surface area contributed by atoms with Crippen molar-refractivity contribution in [1.82, 2.24) is 0 Å². The van der Waals surface area contributed by atoms with Crippen LogP contribution in [-0.4, -0.2) is 19.5 Å². The Morgan fingerprint density at radius 2 is 1.84 bits per heavy atom. The van der Waals surface area contributed by atoms with Gasteiger partial charge >= 0.3 is 5.63 Å². The van der Waals surface area contributed by atoms with Crippen LogP contribution in [0.15, 0.2) is 27.4 Å². The lowest BCUT2D eigenvalue weighted by Gasteiger charge is -2.10. The van der Waals surface area contributed by atoms with E-state index in [0.717, 1.165) is 29.1 Å². The topological polar surface area (TPSA) is 48.7 Å². The molecule has 0 aliphatic rings. The van der Waals surface area contributed by atoms with E-state index >= 15 is 0 Å². The number of fused-ring (bicyclic) bond motifs is 1. The highest BCUT2D eigenvalue weighted by atomic mass is 79.9. The van der Waals surface area contributed by atoms with Gasteiger partial charge in [-0.1, -0.05) is 15.9 Å². The van der Waals surface area contributed by atoms with E-state index in [4.69, 9.17) is 13.9 Å². The van der Waals surface area contributed by atoms with Crippen molar-refractivity contribution in [3.8, 4) is 11.5 Å². The average Bonchev–Trinajstić information content (AvgIpc) is 2.43. The van der Waals surface area contributed by atoms with E-state index in [2.05, 4.69) is 15.9 Å². The third kappa shape index (κ3) is 2.92. The number of benzene rings is 1. The number of methoxy groups -OCH3 is 2. The number of rotatable bonds is 5. The molecule has 0 saturated carbocycles. The molecule has 2 rings (SSSR count). The zero-order valence-corrected chi connectivity index (χ0v) is 12.5. The van der Waals surface area contributed by atoms with Crippen molar-refractivity contribution in [2.45, 2.75) is 12.8 Å². The second-order valence-corrected chi connectivity index (χ2v) is 4.88. The minimum absolute atomic E-state index is 0.343. The Bertz CT molecular complexity index is 633. The van der Waals surface area contributed by atoms with E-state index in [1.165, 1.54) is 6.07 Å². The van der Waals surface area contributed by atoms with Crippen LogP contribution in [0.5, 0.6) is 11.5 Å². The first-order valence-corrected chi connectivity index (χ1v) is 7.06. The fourth-order valence-electron chi connectivity index (χ4n) is 2.02. The van der Waals surface area contributed by atoms with Crippen molar-refractivity contribution in [2.24, 2.45) is 0 Å². The summed E-state index contributed by atoms with van der Waals surface area (Å²) in [5, 5.41) is 1.78. The van der Waals surface area contributed by atoms with Crippen molar-refractivity contribution in [3.05, 3.63) is 34.2 Å². The highest BCUT2D eigenvalue weighted by Crippen LogP contribution is 2.33. The Morgan fingerprint density at radius 3 is 2.47 bits per heavy atom. The second-order valence-electron chi connectivity index (χ2n) is 4.09. The predicted octanol–water partition coefficient (Wildman–Crippen LogP) is 3.14. The summed E-state index contributed by atoms with van der Waals surface area (Å²) in [7, 11) is 3.14. The summed E-state index contributed by atoms with van der Waals surface area (Å²) < 4.78 is 15.7. The number of aryl methyl sites for hydroxylation is 1. The van der Waals surface area contributed by atoms with Gasteiger partial charge in [-0.3, -0.25) is 0 Å². The van der Waals surface area contributed by atoms with E-state index in [9.17, 15) is 4.79 Å². The largest absolute Gasteiger partial charge is 0.493 e. The molecule has 0 saturated heterocycles. The van der Waals surface area contributed by atoms with E-state index in [1.54, 1.807) is 20.3 Å². The van der Waals surface area contributed by atoms with Crippen LogP contribution < -0.4 is 15.1 Å². The second kappa shape index (κ2) is 6.10.